The first-order valence-electron chi connectivity index (χ1n) is 11.1. The van der Waals surface area contributed by atoms with Crippen molar-refractivity contribution in [2.24, 2.45) is 11.8 Å². The number of ether oxygens (including phenoxy) is 2. The van der Waals surface area contributed by atoms with Crippen LogP contribution in [-0.4, -0.2) is 68.1 Å². The molecule has 0 spiro atoms. The summed E-state index contributed by atoms with van der Waals surface area (Å²) >= 11 is 0. The molecular weight excluding hydrogens is 468 g/mol. The summed E-state index contributed by atoms with van der Waals surface area (Å²) in [6, 6.07) is 17.2. The third-order valence-corrected chi connectivity index (χ3v) is 5.08. The van der Waals surface area contributed by atoms with Crippen molar-refractivity contribution in [3.05, 3.63) is 71.8 Å². The normalized spacial score (nSPS) is 12.5. The van der Waals surface area contributed by atoms with Gasteiger partial charge in [0.05, 0.1) is 26.2 Å². The Morgan fingerprint density at radius 3 is 1.53 bits per heavy atom. The number of rotatable bonds is 10. The summed E-state index contributed by atoms with van der Waals surface area (Å²) in [5.41, 5.74) is 0.983. The molecule has 10 nitrogen and oxygen atoms in total. The summed E-state index contributed by atoms with van der Waals surface area (Å²) in [6.07, 6.45) is -0.881. The average molecular weight is 501 g/mol. The third-order valence-electron chi connectivity index (χ3n) is 5.08. The van der Waals surface area contributed by atoms with Gasteiger partial charge >= 0.3 is 11.9 Å². The molecule has 0 fully saturated rings. The molecule has 2 amide bonds. The number of benzene rings is 2. The molecule has 0 saturated carbocycles. The third kappa shape index (κ3) is 10.1. The second kappa shape index (κ2) is 15.8. The average Bonchev–Trinajstić information content (AvgIpc) is 2.89. The Kier molecular flexibility index (Phi) is 13.1. The van der Waals surface area contributed by atoms with E-state index in [4.69, 9.17) is 0 Å². The minimum atomic E-state index is -0.956. The quantitative estimate of drug-likeness (QED) is 0.327. The van der Waals surface area contributed by atoms with Gasteiger partial charge in [-0.2, -0.15) is 0 Å². The van der Waals surface area contributed by atoms with Gasteiger partial charge in [-0.15, -0.1) is 0 Å². The van der Waals surface area contributed by atoms with Crippen molar-refractivity contribution >= 4 is 29.5 Å². The molecule has 2 aromatic rings. The van der Waals surface area contributed by atoms with Crippen molar-refractivity contribution < 1.29 is 38.6 Å². The van der Waals surface area contributed by atoms with E-state index in [1.54, 1.807) is 54.6 Å². The molecule has 0 aliphatic heterocycles. The Morgan fingerprint density at radius 1 is 0.750 bits per heavy atom. The second-order valence-electron chi connectivity index (χ2n) is 7.71. The van der Waals surface area contributed by atoms with Crippen LogP contribution >= 0.6 is 0 Å². The van der Waals surface area contributed by atoms with Gasteiger partial charge in [0.1, 0.15) is 11.7 Å². The van der Waals surface area contributed by atoms with Crippen LogP contribution in [0.25, 0.3) is 0 Å². The van der Waals surface area contributed by atoms with Gasteiger partial charge in [-0.25, -0.2) is 0 Å². The van der Waals surface area contributed by atoms with Crippen LogP contribution in [0.2, 0.25) is 0 Å². The summed E-state index contributed by atoms with van der Waals surface area (Å²) in [5, 5.41) is 14.6. The molecule has 0 saturated heterocycles. The molecule has 0 radical (unpaired) electrons. The van der Waals surface area contributed by atoms with E-state index in [0.29, 0.717) is 11.1 Å². The number of hydrogen-bond donors (Lipinski definition) is 3. The first-order chi connectivity index (χ1) is 17.1. The van der Waals surface area contributed by atoms with Crippen LogP contribution in [0.3, 0.4) is 0 Å². The number of hydrogen-bond acceptors (Lipinski definition) is 8. The highest BCUT2D eigenvalue weighted by Gasteiger charge is 2.25. The Hall–Kier alpha value is -4.05. The zero-order valence-electron chi connectivity index (χ0n) is 20.7. The topological polar surface area (TPSA) is 148 Å². The first-order valence-corrected chi connectivity index (χ1v) is 11.1. The van der Waals surface area contributed by atoms with Crippen molar-refractivity contribution in [3.63, 3.8) is 0 Å². The first kappa shape index (κ1) is 30.0. The second-order valence-corrected chi connectivity index (χ2v) is 7.71. The summed E-state index contributed by atoms with van der Waals surface area (Å²) in [6.45, 7) is 2.75. The lowest BCUT2D eigenvalue weighted by molar-refractivity contribution is -0.149. The highest BCUT2D eigenvalue weighted by Crippen LogP contribution is 2.06. The molecule has 2 aromatic carbocycles. The van der Waals surface area contributed by atoms with E-state index in [-0.39, 0.29) is 30.7 Å². The number of aliphatic hydroxyl groups is 1. The SMILES string of the molecule is COC(=O)C(CNC(=O)c1ccccc1)C(C)=O.COC(=O)[C@@H](CNC(=O)c1ccccc1)[C@@H](C)O. The Morgan fingerprint density at radius 2 is 1.17 bits per heavy atom. The van der Waals surface area contributed by atoms with E-state index in [9.17, 15) is 29.1 Å². The van der Waals surface area contributed by atoms with Crippen molar-refractivity contribution in [2.75, 3.05) is 27.3 Å². The van der Waals surface area contributed by atoms with E-state index < -0.39 is 29.9 Å². The van der Waals surface area contributed by atoms with Gasteiger partial charge in [-0.05, 0) is 38.1 Å². The number of nitrogens with one attached hydrogen (secondary N) is 2. The van der Waals surface area contributed by atoms with Gasteiger partial charge < -0.3 is 25.2 Å². The number of methoxy groups -OCH3 is 2. The van der Waals surface area contributed by atoms with Crippen LogP contribution in [0, 0.1) is 11.8 Å². The molecule has 0 aliphatic carbocycles. The molecule has 0 aromatic heterocycles. The van der Waals surface area contributed by atoms with Crippen molar-refractivity contribution in [2.45, 2.75) is 20.0 Å². The number of ketones is 1. The van der Waals surface area contributed by atoms with Crippen LogP contribution in [0.4, 0.5) is 0 Å². The lowest BCUT2D eigenvalue weighted by atomic mass is 10.0. The molecule has 3 atom stereocenters. The lowest BCUT2D eigenvalue weighted by Crippen LogP contribution is -2.39. The number of carbonyl (C=O) groups excluding carboxylic acids is 5. The van der Waals surface area contributed by atoms with E-state index >= 15 is 0 Å². The van der Waals surface area contributed by atoms with Gasteiger partial charge in [0.2, 0.25) is 0 Å². The zero-order valence-corrected chi connectivity index (χ0v) is 20.7. The van der Waals surface area contributed by atoms with Crippen LogP contribution in [-0.2, 0) is 23.9 Å². The fourth-order valence-corrected chi connectivity index (χ4v) is 2.92. The number of amides is 2. The molecule has 0 bridgehead atoms. The summed E-state index contributed by atoms with van der Waals surface area (Å²) in [7, 11) is 2.45. The highest BCUT2D eigenvalue weighted by molar-refractivity contribution is 5.99. The number of esters is 2. The largest absolute Gasteiger partial charge is 0.469 e. The molecule has 194 valence electrons. The standard InChI is InChI=1S/C13H17NO4.C13H15NO4/c2*1-9(15)11(13(17)18-2)8-14-12(16)10-6-4-3-5-7-10/h3-7,9,11,15H,8H2,1-2H3,(H,14,16);3-7,11H,8H2,1-2H3,(H,14,16)/t9-,11+;/m1./s1. The highest BCUT2D eigenvalue weighted by atomic mass is 16.5. The summed E-state index contributed by atoms with van der Waals surface area (Å²) < 4.78 is 9.06. The van der Waals surface area contributed by atoms with Gasteiger partial charge in [-0.3, -0.25) is 24.0 Å². The van der Waals surface area contributed by atoms with E-state index in [1.165, 1.54) is 28.1 Å². The number of aliphatic hydroxyl groups excluding tert-OH is 1. The molecule has 0 aliphatic rings. The van der Waals surface area contributed by atoms with Gasteiger partial charge in [0.25, 0.3) is 11.8 Å². The van der Waals surface area contributed by atoms with E-state index in [0.717, 1.165) is 0 Å². The van der Waals surface area contributed by atoms with E-state index in [1.807, 2.05) is 6.07 Å². The van der Waals surface area contributed by atoms with Crippen molar-refractivity contribution in [1.82, 2.24) is 10.6 Å². The smallest absolute Gasteiger partial charge is 0.318 e. The molecule has 10 heteroatoms. The molecule has 3 N–H and O–H groups in total. The molecule has 2 rings (SSSR count). The Labute approximate surface area is 210 Å². The molecule has 1 unspecified atom stereocenters. The molecule has 36 heavy (non-hydrogen) atoms. The lowest BCUT2D eigenvalue weighted by Gasteiger charge is -2.17. The molecule has 0 heterocycles. The summed E-state index contributed by atoms with van der Waals surface area (Å²) in [5.74, 6) is -3.86. The fraction of sp³-hybridized carbons (Fsp3) is 0.346. The maximum Gasteiger partial charge on any atom is 0.318 e. The fourth-order valence-electron chi connectivity index (χ4n) is 2.92. The van der Waals surface area contributed by atoms with Gasteiger partial charge in [0, 0.05) is 24.2 Å². The van der Waals surface area contributed by atoms with Crippen LogP contribution in [0.1, 0.15) is 34.6 Å². The monoisotopic (exact) mass is 500 g/mol. The predicted molar refractivity (Wildman–Crippen MR) is 131 cm³/mol. The minimum Gasteiger partial charge on any atom is -0.469 e. The number of Topliss-reactive ketones (excluding diaryl/α,β-unsaturated/α-hetero) is 1. The maximum atomic E-state index is 11.7. The Bertz CT molecular complexity index is 1010. The van der Waals surface area contributed by atoms with Crippen LogP contribution in [0.15, 0.2) is 60.7 Å². The maximum absolute atomic E-state index is 11.7. The number of carbonyl (C=O) groups is 5. The minimum absolute atomic E-state index is 0.0397. The van der Waals surface area contributed by atoms with Gasteiger partial charge in [0.15, 0.2) is 0 Å². The van der Waals surface area contributed by atoms with Crippen LogP contribution < -0.4 is 10.6 Å². The summed E-state index contributed by atoms with van der Waals surface area (Å²) in [4.78, 5) is 57.4. The zero-order chi connectivity index (χ0) is 27.1. The molecular formula is C26H32N2O8. The van der Waals surface area contributed by atoms with Gasteiger partial charge in [-0.1, -0.05) is 36.4 Å². The van der Waals surface area contributed by atoms with Crippen molar-refractivity contribution in [3.8, 4) is 0 Å². The van der Waals surface area contributed by atoms with E-state index in [2.05, 4.69) is 20.1 Å². The van der Waals surface area contributed by atoms with Crippen LogP contribution in [0.5, 0.6) is 0 Å². The van der Waals surface area contributed by atoms with Crippen molar-refractivity contribution in [1.29, 1.82) is 0 Å². The predicted octanol–water partition coefficient (Wildman–Crippen LogP) is 1.38. The Balaban J connectivity index is 0.000000360.